The van der Waals surface area contributed by atoms with Crippen molar-refractivity contribution in [2.24, 2.45) is 0 Å². The van der Waals surface area contributed by atoms with Crippen LogP contribution in [0.25, 0.3) is 0 Å². The summed E-state index contributed by atoms with van der Waals surface area (Å²) in [5, 5.41) is 15.4. The van der Waals surface area contributed by atoms with Crippen molar-refractivity contribution in [2.75, 3.05) is 34.0 Å². The highest BCUT2D eigenvalue weighted by molar-refractivity contribution is 6.31. The summed E-state index contributed by atoms with van der Waals surface area (Å²) in [6.07, 6.45) is 1.94. The zero-order chi connectivity index (χ0) is 14.6. The predicted octanol–water partition coefficient (Wildman–Crippen LogP) is 1.41. The van der Waals surface area contributed by atoms with E-state index in [0.29, 0.717) is 49.9 Å². The number of ether oxygens (including phenoxy) is 3. The van der Waals surface area contributed by atoms with Gasteiger partial charge >= 0.3 is 0 Å². The van der Waals surface area contributed by atoms with Crippen LogP contribution in [0.3, 0.4) is 0 Å². The van der Waals surface area contributed by atoms with Crippen LogP contribution in [-0.4, -0.2) is 54.5 Å². The second-order valence-electron chi connectivity index (χ2n) is 4.88. The third kappa shape index (κ3) is 2.99. The van der Waals surface area contributed by atoms with Crippen molar-refractivity contribution in [3.05, 3.63) is 16.9 Å². The average molecular weight is 305 g/mol. The quantitative estimate of drug-likeness (QED) is 0.861. The van der Waals surface area contributed by atoms with E-state index in [1.54, 1.807) is 25.1 Å². The van der Waals surface area contributed by atoms with E-state index in [1.807, 2.05) is 0 Å². The summed E-state index contributed by atoms with van der Waals surface area (Å²) in [5.74, 6) is 0. The molecule has 0 aromatic carbocycles. The summed E-state index contributed by atoms with van der Waals surface area (Å²) in [7, 11) is 3.23. The molecular formula is C13H21ClN2O4. The van der Waals surface area contributed by atoms with E-state index in [2.05, 4.69) is 5.10 Å². The maximum absolute atomic E-state index is 10.8. The highest BCUT2D eigenvalue weighted by atomic mass is 35.5. The second kappa shape index (κ2) is 6.87. The zero-order valence-corrected chi connectivity index (χ0v) is 12.6. The molecule has 0 aliphatic carbocycles. The lowest BCUT2D eigenvalue weighted by molar-refractivity contribution is -0.156. The van der Waals surface area contributed by atoms with E-state index in [1.165, 1.54) is 0 Å². The summed E-state index contributed by atoms with van der Waals surface area (Å²) in [6, 6.07) is 0. The van der Waals surface area contributed by atoms with Gasteiger partial charge in [-0.1, -0.05) is 11.6 Å². The molecule has 2 rings (SSSR count). The van der Waals surface area contributed by atoms with Crippen LogP contribution in [0.5, 0.6) is 0 Å². The van der Waals surface area contributed by atoms with Crippen molar-refractivity contribution in [1.82, 2.24) is 9.78 Å². The van der Waals surface area contributed by atoms with Crippen molar-refractivity contribution in [2.45, 2.75) is 31.1 Å². The lowest BCUT2D eigenvalue weighted by Gasteiger charge is -2.39. The molecule has 7 heteroatoms. The number of methoxy groups -OCH3 is 2. The van der Waals surface area contributed by atoms with Gasteiger partial charge in [-0.15, -0.1) is 0 Å². The molecule has 0 spiro atoms. The number of aliphatic hydroxyl groups is 1. The van der Waals surface area contributed by atoms with Crippen LogP contribution in [0.15, 0.2) is 6.20 Å². The lowest BCUT2D eigenvalue weighted by atomic mass is 9.86. The van der Waals surface area contributed by atoms with Gasteiger partial charge in [0, 0.05) is 40.3 Å². The number of aliphatic hydroxyl groups excluding tert-OH is 1. The third-order valence-corrected chi connectivity index (χ3v) is 4.13. The van der Waals surface area contributed by atoms with Gasteiger partial charge in [-0.25, -0.2) is 0 Å². The molecule has 1 aliphatic rings. The van der Waals surface area contributed by atoms with E-state index < -0.39 is 11.7 Å². The molecule has 1 aliphatic heterocycles. The van der Waals surface area contributed by atoms with Gasteiger partial charge in [0.05, 0.1) is 30.1 Å². The van der Waals surface area contributed by atoms with Crippen molar-refractivity contribution in [1.29, 1.82) is 0 Å². The molecule has 0 saturated carbocycles. The summed E-state index contributed by atoms with van der Waals surface area (Å²) in [5.41, 5.74) is -0.0975. The first kappa shape index (κ1) is 15.7. The second-order valence-corrected chi connectivity index (χ2v) is 5.28. The Labute approximate surface area is 123 Å². The van der Waals surface area contributed by atoms with Crippen LogP contribution in [0, 0.1) is 0 Å². The summed E-state index contributed by atoms with van der Waals surface area (Å²) >= 11 is 6.19. The first-order valence-corrected chi connectivity index (χ1v) is 7.03. The third-order valence-electron chi connectivity index (χ3n) is 3.84. The molecule has 1 unspecified atom stereocenters. The van der Waals surface area contributed by atoms with Crippen molar-refractivity contribution >= 4 is 11.6 Å². The van der Waals surface area contributed by atoms with Crippen LogP contribution in [0.4, 0.5) is 0 Å². The van der Waals surface area contributed by atoms with E-state index in [0.717, 1.165) is 0 Å². The fraction of sp³-hybridized carbons (Fsp3) is 0.769. The Balaban J connectivity index is 2.26. The molecule has 1 aromatic heterocycles. The van der Waals surface area contributed by atoms with Crippen LogP contribution < -0.4 is 0 Å². The van der Waals surface area contributed by atoms with Gasteiger partial charge in [-0.3, -0.25) is 4.68 Å². The molecule has 0 amide bonds. The smallest absolute Gasteiger partial charge is 0.126 e. The Morgan fingerprint density at radius 2 is 2.20 bits per heavy atom. The van der Waals surface area contributed by atoms with Gasteiger partial charge in [0.1, 0.15) is 11.7 Å². The maximum Gasteiger partial charge on any atom is 0.126 e. The highest BCUT2D eigenvalue weighted by Gasteiger charge is 2.43. The zero-order valence-electron chi connectivity index (χ0n) is 11.8. The minimum atomic E-state index is -0.844. The fourth-order valence-electron chi connectivity index (χ4n) is 2.55. The van der Waals surface area contributed by atoms with Crippen LogP contribution in [-0.2, 0) is 20.8 Å². The van der Waals surface area contributed by atoms with Crippen LogP contribution in [0.2, 0.25) is 5.02 Å². The topological polar surface area (TPSA) is 65.7 Å². The molecular weight excluding hydrogens is 284 g/mol. The standard InChI is InChI=1S/C13H21ClN2O4/c1-18-8-5-16-11(10(14)9-15-16)12(17)13(19-2)3-6-20-7-4-13/h9,12,17H,3-8H2,1-2H3. The molecule has 114 valence electrons. The first-order valence-electron chi connectivity index (χ1n) is 6.65. The normalized spacial score (nSPS) is 20.0. The number of hydrogen-bond donors (Lipinski definition) is 1. The predicted molar refractivity (Wildman–Crippen MR) is 73.9 cm³/mol. The van der Waals surface area contributed by atoms with E-state index in [-0.39, 0.29) is 0 Å². The first-order chi connectivity index (χ1) is 9.64. The van der Waals surface area contributed by atoms with Crippen molar-refractivity contribution < 1.29 is 19.3 Å². The minimum absolute atomic E-state index is 0.441. The van der Waals surface area contributed by atoms with E-state index in [4.69, 9.17) is 25.8 Å². The summed E-state index contributed by atoms with van der Waals surface area (Å²) in [4.78, 5) is 0. The summed E-state index contributed by atoms with van der Waals surface area (Å²) < 4.78 is 17.7. The Kier molecular flexibility index (Phi) is 5.40. The molecule has 1 atom stereocenters. The van der Waals surface area contributed by atoms with Gasteiger partial charge in [0.2, 0.25) is 0 Å². The molecule has 0 bridgehead atoms. The van der Waals surface area contributed by atoms with Gasteiger partial charge in [-0.05, 0) is 0 Å². The number of rotatable bonds is 6. The summed E-state index contributed by atoms with van der Waals surface area (Å²) in [6.45, 7) is 2.16. The molecule has 1 fully saturated rings. The Morgan fingerprint density at radius 1 is 1.50 bits per heavy atom. The molecule has 1 N–H and O–H groups in total. The van der Waals surface area contributed by atoms with Gasteiger partial charge in [0.15, 0.2) is 0 Å². The Bertz CT molecular complexity index is 432. The average Bonchev–Trinajstić information content (AvgIpc) is 2.85. The van der Waals surface area contributed by atoms with E-state index >= 15 is 0 Å². The highest BCUT2D eigenvalue weighted by Crippen LogP contribution is 2.39. The molecule has 1 aromatic rings. The minimum Gasteiger partial charge on any atom is -0.384 e. The Morgan fingerprint density at radius 3 is 2.80 bits per heavy atom. The molecule has 2 heterocycles. The van der Waals surface area contributed by atoms with Gasteiger partial charge in [-0.2, -0.15) is 5.10 Å². The molecule has 0 radical (unpaired) electrons. The molecule has 20 heavy (non-hydrogen) atoms. The fourth-order valence-corrected chi connectivity index (χ4v) is 2.80. The van der Waals surface area contributed by atoms with Crippen molar-refractivity contribution in [3.8, 4) is 0 Å². The van der Waals surface area contributed by atoms with Gasteiger partial charge < -0.3 is 19.3 Å². The number of hydrogen-bond acceptors (Lipinski definition) is 5. The van der Waals surface area contributed by atoms with Crippen molar-refractivity contribution in [3.63, 3.8) is 0 Å². The lowest BCUT2D eigenvalue weighted by Crippen LogP contribution is -2.44. The molecule has 6 nitrogen and oxygen atoms in total. The number of aromatic nitrogens is 2. The SMILES string of the molecule is COCCn1ncc(Cl)c1C(O)C1(OC)CCOCC1. The monoisotopic (exact) mass is 304 g/mol. The molecule has 1 saturated heterocycles. The van der Waals surface area contributed by atoms with Gasteiger partial charge in [0.25, 0.3) is 0 Å². The Hall–Kier alpha value is -0.660. The number of nitrogens with zero attached hydrogens (tertiary/aromatic N) is 2. The number of halogens is 1. The van der Waals surface area contributed by atoms with E-state index in [9.17, 15) is 5.11 Å². The van der Waals surface area contributed by atoms with Crippen LogP contribution >= 0.6 is 11.6 Å². The van der Waals surface area contributed by atoms with Crippen LogP contribution in [0.1, 0.15) is 24.6 Å². The largest absolute Gasteiger partial charge is 0.384 e. The maximum atomic E-state index is 10.8.